The maximum Gasteiger partial charge on any atom is 0.266 e. The van der Waals surface area contributed by atoms with Crippen LogP contribution in [0.1, 0.15) is 15.5 Å². The minimum absolute atomic E-state index is 0.157. The molecule has 3 aromatic heterocycles. The van der Waals surface area contributed by atoms with Crippen LogP contribution in [0, 0.1) is 6.92 Å². The van der Waals surface area contributed by atoms with Gasteiger partial charge in [-0.05, 0) is 30.5 Å². The third-order valence-electron chi connectivity index (χ3n) is 3.75. The molecular weight excluding hydrogens is 388 g/mol. The Labute approximate surface area is 162 Å². The average molecular weight is 401 g/mol. The molecule has 0 unspecified atom stereocenters. The van der Waals surface area contributed by atoms with E-state index in [1.54, 1.807) is 12.3 Å². The molecule has 0 saturated heterocycles. The van der Waals surface area contributed by atoms with Gasteiger partial charge in [-0.15, -0.1) is 22.7 Å². The number of nitrogens with one attached hydrogen (secondary N) is 1. The minimum Gasteiger partial charge on any atom is -0.306 e. The largest absolute Gasteiger partial charge is 0.306 e. The molecule has 0 aliphatic carbocycles. The zero-order valence-electron chi connectivity index (χ0n) is 13.6. The molecule has 0 aliphatic heterocycles. The molecule has 8 heteroatoms. The number of amides is 1. The van der Waals surface area contributed by atoms with E-state index in [1.165, 1.54) is 22.7 Å². The summed E-state index contributed by atoms with van der Waals surface area (Å²) < 4.78 is 1.84. The first kappa shape index (κ1) is 17.0. The number of nitrogens with zero attached hydrogens (tertiary/aromatic N) is 3. The predicted molar refractivity (Wildman–Crippen MR) is 107 cm³/mol. The Hall–Kier alpha value is -2.48. The maximum atomic E-state index is 12.4. The second kappa shape index (κ2) is 7.03. The normalized spacial score (nSPS) is 10.8. The van der Waals surface area contributed by atoms with Crippen LogP contribution in [0.2, 0.25) is 5.02 Å². The number of carbonyl (C=O) groups is 1. The summed E-state index contributed by atoms with van der Waals surface area (Å²) in [6.07, 6.45) is 1.64. The lowest BCUT2D eigenvalue weighted by Crippen LogP contribution is -2.13. The van der Waals surface area contributed by atoms with Crippen LogP contribution < -0.4 is 5.32 Å². The van der Waals surface area contributed by atoms with Crippen LogP contribution in [0.4, 0.5) is 5.82 Å². The summed E-state index contributed by atoms with van der Waals surface area (Å²) >= 11 is 8.83. The molecule has 26 heavy (non-hydrogen) atoms. The number of imidazole rings is 1. The summed E-state index contributed by atoms with van der Waals surface area (Å²) in [5, 5.41) is 8.19. The van der Waals surface area contributed by atoms with E-state index in [1.807, 2.05) is 52.6 Å². The van der Waals surface area contributed by atoms with Crippen LogP contribution in [0.15, 0.2) is 53.4 Å². The first-order chi connectivity index (χ1) is 12.6. The second-order valence-electron chi connectivity index (χ2n) is 5.48. The van der Waals surface area contributed by atoms with Crippen molar-refractivity contribution >= 4 is 46.0 Å². The van der Waals surface area contributed by atoms with Crippen molar-refractivity contribution in [2.24, 2.45) is 0 Å². The van der Waals surface area contributed by atoms with Crippen LogP contribution in [-0.4, -0.2) is 20.4 Å². The summed E-state index contributed by atoms with van der Waals surface area (Å²) in [5.74, 6) is 1.19. The molecule has 1 amide bonds. The fourth-order valence-corrected chi connectivity index (χ4v) is 4.12. The first-order valence-corrected chi connectivity index (χ1v) is 9.86. The number of hydrogen-bond donors (Lipinski definition) is 1. The van der Waals surface area contributed by atoms with E-state index in [4.69, 9.17) is 16.6 Å². The third kappa shape index (κ3) is 3.29. The van der Waals surface area contributed by atoms with Gasteiger partial charge in [0, 0.05) is 16.0 Å². The van der Waals surface area contributed by atoms with Gasteiger partial charge in [0.2, 0.25) is 0 Å². The van der Waals surface area contributed by atoms with Crippen molar-refractivity contribution < 1.29 is 4.79 Å². The first-order valence-electron chi connectivity index (χ1n) is 7.73. The fraction of sp³-hybridized carbons (Fsp3) is 0.0556. The van der Waals surface area contributed by atoms with Gasteiger partial charge in [0.05, 0.1) is 16.8 Å². The van der Waals surface area contributed by atoms with E-state index in [0.717, 1.165) is 22.2 Å². The number of carbonyl (C=O) groups excluding carboxylic acids is 1. The number of thiophene rings is 1. The van der Waals surface area contributed by atoms with Crippen LogP contribution in [0.5, 0.6) is 0 Å². The smallest absolute Gasteiger partial charge is 0.266 e. The Bertz CT molecular complexity index is 1050. The molecule has 5 nitrogen and oxygen atoms in total. The van der Waals surface area contributed by atoms with Crippen molar-refractivity contribution in [1.82, 2.24) is 14.5 Å². The Morgan fingerprint density at radius 1 is 1.19 bits per heavy atom. The van der Waals surface area contributed by atoms with Crippen molar-refractivity contribution in [3.8, 4) is 16.4 Å². The molecule has 0 bridgehead atoms. The SMILES string of the molecule is Cc1ncc(NC(=O)c2cccs2)n1-c1nc(-c2ccc(Cl)cc2)cs1. The van der Waals surface area contributed by atoms with E-state index >= 15 is 0 Å². The summed E-state index contributed by atoms with van der Waals surface area (Å²) in [7, 11) is 0. The molecule has 0 atom stereocenters. The highest BCUT2D eigenvalue weighted by Gasteiger charge is 2.16. The van der Waals surface area contributed by atoms with Gasteiger partial charge in [-0.3, -0.25) is 9.36 Å². The average Bonchev–Trinajstić information content (AvgIpc) is 3.36. The van der Waals surface area contributed by atoms with Gasteiger partial charge < -0.3 is 5.32 Å². The molecule has 0 radical (unpaired) electrons. The van der Waals surface area contributed by atoms with Crippen LogP contribution >= 0.6 is 34.3 Å². The van der Waals surface area contributed by atoms with Gasteiger partial charge in [0.15, 0.2) is 5.13 Å². The van der Waals surface area contributed by atoms with Crippen molar-refractivity contribution in [2.75, 3.05) is 5.32 Å². The maximum absolute atomic E-state index is 12.4. The highest BCUT2D eigenvalue weighted by atomic mass is 35.5. The van der Waals surface area contributed by atoms with Gasteiger partial charge in [-0.25, -0.2) is 9.97 Å². The predicted octanol–water partition coefficient (Wildman–Crippen LogP) is 5.27. The zero-order chi connectivity index (χ0) is 18.1. The summed E-state index contributed by atoms with van der Waals surface area (Å²) in [6, 6.07) is 11.2. The van der Waals surface area contributed by atoms with Crippen LogP contribution in [0.25, 0.3) is 16.4 Å². The summed E-state index contributed by atoms with van der Waals surface area (Å²) in [5.41, 5.74) is 1.84. The summed E-state index contributed by atoms with van der Waals surface area (Å²) in [4.78, 5) is 22.0. The topological polar surface area (TPSA) is 59.8 Å². The number of benzene rings is 1. The van der Waals surface area contributed by atoms with Crippen molar-refractivity contribution in [2.45, 2.75) is 6.92 Å². The highest BCUT2D eigenvalue weighted by molar-refractivity contribution is 7.12. The van der Waals surface area contributed by atoms with Crippen LogP contribution in [-0.2, 0) is 0 Å². The molecule has 130 valence electrons. The second-order valence-corrected chi connectivity index (χ2v) is 7.70. The van der Waals surface area contributed by atoms with Crippen molar-refractivity contribution in [3.63, 3.8) is 0 Å². The number of thiazole rings is 1. The minimum atomic E-state index is -0.157. The molecule has 1 aromatic carbocycles. The number of aryl methyl sites for hydroxylation is 1. The van der Waals surface area contributed by atoms with Gasteiger partial charge in [0.25, 0.3) is 5.91 Å². The van der Waals surface area contributed by atoms with Crippen molar-refractivity contribution in [3.05, 3.63) is 69.1 Å². The van der Waals surface area contributed by atoms with Gasteiger partial charge in [0.1, 0.15) is 11.6 Å². The Morgan fingerprint density at radius 2 is 2.00 bits per heavy atom. The molecule has 1 N–H and O–H groups in total. The van der Waals surface area contributed by atoms with E-state index in [0.29, 0.717) is 15.7 Å². The quantitative estimate of drug-likeness (QED) is 0.507. The number of anilines is 1. The van der Waals surface area contributed by atoms with Crippen molar-refractivity contribution in [1.29, 1.82) is 0 Å². The van der Waals surface area contributed by atoms with E-state index in [2.05, 4.69) is 10.3 Å². The molecule has 4 aromatic rings. The number of aromatic nitrogens is 3. The van der Waals surface area contributed by atoms with E-state index in [-0.39, 0.29) is 5.91 Å². The molecule has 0 fully saturated rings. The van der Waals surface area contributed by atoms with E-state index < -0.39 is 0 Å². The molecule has 3 heterocycles. The van der Waals surface area contributed by atoms with Gasteiger partial charge in [-0.1, -0.05) is 29.8 Å². The number of rotatable bonds is 4. The summed E-state index contributed by atoms with van der Waals surface area (Å²) in [6.45, 7) is 1.88. The van der Waals surface area contributed by atoms with Gasteiger partial charge >= 0.3 is 0 Å². The number of hydrogen-bond acceptors (Lipinski definition) is 5. The molecule has 0 spiro atoms. The third-order valence-corrected chi connectivity index (χ3v) is 5.69. The Morgan fingerprint density at radius 3 is 2.73 bits per heavy atom. The fourth-order valence-electron chi connectivity index (χ4n) is 2.48. The molecule has 0 saturated carbocycles. The lowest BCUT2D eigenvalue weighted by atomic mass is 10.2. The zero-order valence-corrected chi connectivity index (χ0v) is 16.0. The standard InChI is InChI=1S/C18H13ClN4OS2/c1-11-20-9-16(22-17(24)15-3-2-8-25-15)23(11)18-21-14(10-26-18)12-4-6-13(19)7-5-12/h2-10H,1H3,(H,22,24). The van der Waals surface area contributed by atoms with Gasteiger partial charge in [-0.2, -0.15) is 0 Å². The lowest BCUT2D eigenvalue weighted by Gasteiger charge is -2.07. The molecule has 4 rings (SSSR count). The van der Waals surface area contributed by atoms with Crippen LogP contribution in [0.3, 0.4) is 0 Å². The molecular formula is C18H13ClN4OS2. The van der Waals surface area contributed by atoms with E-state index in [9.17, 15) is 4.79 Å². The number of halogens is 1. The Kier molecular flexibility index (Phi) is 4.58. The monoisotopic (exact) mass is 400 g/mol. The highest BCUT2D eigenvalue weighted by Crippen LogP contribution is 2.28. The Balaban J connectivity index is 1.65. The molecule has 0 aliphatic rings. The lowest BCUT2D eigenvalue weighted by molar-refractivity contribution is 0.103.